The number of carbonyl (C=O) groups excluding carboxylic acids is 3. The summed E-state index contributed by atoms with van der Waals surface area (Å²) in [6, 6.07) is 6.20. The number of methoxy groups -OCH3 is 1. The summed E-state index contributed by atoms with van der Waals surface area (Å²) in [6.45, 7) is 5.31. The number of amides is 2. The molecular weight excluding hydrogens is 400 g/mol. The quantitative estimate of drug-likeness (QED) is 0.417. The van der Waals surface area contributed by atoms with E-state index in [1.165, 1.54) is 31.0 Å². The van der Waals surface area contributed by atoms with Gasteiger partial charge in [0.2, 0.25) is 11.8 Å². The summed E-state index contributed by atoms with van der Waals surface area (Å²) in [4.78, 5) is 40.0. The Labute approximate surface area is 173 Å². The lowest BCUT2D eigenvalue weighted by molar-refractivity contribution is -0.121. The Kier molecular flexibility index (Phi) is 6.36. The highest BCUT2D eigenvalue weighted by atomic mass is 32.2. The summed E-state index contributed by atoms with van der Waals surface area (Å²) in [5.74, 6) is -1.05. The van der Waals surface area contributed by atoms with Crippen LogP contribution in [0.5, 0.6) is 0 Å². The van der Waals surface area contributed by atoms with Crippen LogP contribution in [-0.4, -0.2) is 64.7 Å². The maximum absolute atomic E-state index is 12.8. The second-order valence-corrected chi connectivity index (χ2v) is 8.68. The van der Waals surface area contributed by atoms with E-state index in [1.807, 2.05) is 18.7 Å². The number of esters is 1. The number of hydrogen-bond donors (Lipinski definition) is 0. The Morgan fingerprint density at radius 3 is 2.36 bits per heavy atom. The minimum Gasteiger partial charge on any atom is -0.465 e. The molecule has 1 aromatic carbocycles. The van der Waals surface area contributed by atoms with Gasteiger partial charge in [0.05, 0.1) is 30.6 Å². The zero-order valence-electron chi connectivity index (χ0n) is 15.9. The van der Waals surface area contributed by atoms with Crippen LogP contribution in [0.2, 0.25) is 0 Å². The summed E-state index contributed by atoms with van der Waals surface area (Å²) >= 11 is 6.78. The number of morpholine rings is 1. The van der Waals surface area contributed by atoms with Gasteiger partial charge in [0, 0.05) is 19.5 Å². The molecule has 3 atom stereocenters. The minimum absolute atomic E-state index is 0.0630. The first-order valence-electron chi connectivity index (χ1n) is 8.96. The Morgan fingerprint density at radius 2 is 1.79 bits per heavy atom. The average Bonchev–Trinajstić information content (AvgIpc) is 2.93. The first-order chi connectivity index (χ1) is 13.3. The van der Waals surface area contributed by atoms with Crippen LogP contribution in [0.15, 0.2) is 24.3 Å². The lowest BCUT2D eigenvalue weighted by Gasteiger charge is -2.36. The average molecular weight is 423 g/mol. The van der Waals surface area contributed by atoms with Gasteiger partial charge < -0.3 is 14.4 Å². The molecule has 2 saturated heterocycles. The normalized spacial score (nSPS) is 25.2. The monoisotopic (exact) mass is 422 g/mol. The first-order valence-corrected chi connectivity index (χ1v) is 10.2. The molecule has 0 aromatic heterocycles. The molecule has 2 amide bonds. The van der Waals surface area contributed by atoms with E-state index in [0.29, 0.717) is 28.7 Å². The molecule has 1 aromatic rings. The van der Waals surface area contributed by atoms with Gasteiger partial charge in [0.25, 0.3) is 0 Å². The minimum atomic E-state index is -0.547. The molecule has 150 valence electrons. The van der Waals surface area contributed by atoms with Gasteiger partial charge in [0.15, 0.2) is 0 Å². The number of benzene rings is 1. The van der Waals surface area contributed by atoms with Crippen LogP contribution < -0.4 is 4.90 Å². The topological polar surface area (TPSA) is 76.2 Å². The number of thioether (sulfide) groups is 1. The molecule has 0 unspecified atom stereocenters. The largest absolute Gasteiger partial charge is 0.465 e. The van der Waals surface area contributed by atoms with Crippen LogP contribution in [0.25, 0.3) is 0 Å². The van der Waals surface area contributed by atoms with Crippen LogP contribution in [-0.2, 0) is 19.1 Å². The van der Waals surface area contributed by atoms with Crippen LogP contribution in [0.3, 0.4) is 0 Å². The van der Waals surface area contributed by atoms with Gasteiger partial charge in [-0.1, -0.05) is 24.0 Å². The molecule has 0 radical (unpaired) electrons. The van der Waals surface area contributed by atoms with Crippen LogP contribution in [0.4, 0.5) is 5.69 Å². The standard InChI is InChI=1S/C19H22N2O5S2/c1-11-9-20(10-12(2)26-11)19(27)28-15-8-16(22)21(17(15)23)14-6-4-13(5-7-14)18(24)25-3/h4-7,11-12,15H,8-10H2,1-3H3/t11-,12-,15-/m0/s1. The number of nitrogens with zero attached hydrogens (tertiary/aromatic N) is 2. The molecule has 0 N–H and O–H groups in total. The van der Waals surface area contributed by atoms with Crippen molar-refractivity contribution < 1.29 is 23.9 Å². The van der Waals surface area contributed by atoms with Crippen LogP contribution >= 0.6 is 24.0 Å². The second-order valence-electron chi connectivity index (χ2n) is 6.84. The Hall–Kier alpha value is -1.97. The number of ether oxygens (including phenoxy) is 2. The van der Waals surface area contributed by atoms with Crippen molar-refractivity contribution in [2.45, 2.75) is 37.7 Å². The summed E-state index contributed by atoms with van der Waals surface area (Å²) in [6.07, 6.45) is 0.221. The van der Waals surface area contributed by atoms with Crippen LogP contribution in [0, 0.1) is 0 Å². The molecule has 0 saturated carbocycles. The van der Waals surface area contributed by atoms with Gasteiger partial charge in [-0.15, -0.1) is 0 Å². The zero-order valence-corrected chi connectivity index (χ0v) is 17.5. The van der Waals surface area contributed by atoms with E-state index in [4.69, 9.17) is 17.0 Å². The SMILES string of the molecule is COC(=O)c1ccc(N2C(=O)C[C@H](SC(=S)N3C[C@H](C)O[C@@H](C)C3)C2=O)cc1. The Morgan fingerprint density at radius 1 is 1.18 bits per heavy atom. The fraction of sp³-hybridized carbons (Fsp3) is 0.474. The van der Waals surface area contributed by atoms with Gasteiger partial charge in [-0.2, -0.15) is 0 Å². The molecule has 0 aliphatic carbocycles. The zero-order chi connectivity index (χ0) is 20.4. The van der Waals surface area contributed by atoms with Crippen molar-refractivity contribution in [3.8, 4) is 0 Å². The molecule has 2 heterocycles. The number of thiocarbonyl (C=S) groups is 1. The summed E-state index contributed by atoms with van der Waals surface area (Å²) in [7, 11) is 1.30. The molecular formula is C19H22N2O5S2. The van der Waals surface area contributed by atoms with Crippen molar-refractivity contribution in [3.63, 3.8) is 0 Å². The summed E-state index contributed by atoms with van der Waals surface area (Å²) in [5, 5.41) is -0.547. The number of hydrogen-bond acceptors (Lipinski definition) is 7. The number of carbonyl (C=O) groups is 3. The van der Waals surface area contributed by atoms with Crippen molar-refractivity contribution in [2.75, 3.05) is 25.1 Å². The maximum Gasteiger partial charge on any atom is 0.337 e. The lowest BCUT2D eigenvalue weighted by Crippen LogP contribution is -2.47. The number of rotatable bonds is 3. The maximum atomic E-state index is 12.8. The summed E-state index contributed by atoms with van der Waals surface area (Å²) in [5.41, 5.74) is 0.790. The van der Waals surface area contributed by atoms with E-state index in [2.05, 4.69) is 4.74 Å². The highest BCUT2D eigenvalue weighted by molar-refractivity contribution is 8.23. The van der Waals surface area contributed by atoms with Crippen molar-refractivity contribution in [2.24, 2.45) is 0 Å². The fourth-order valence-corrected chi connectivity index (χ4v) is 4.83. The van der Waals surface area contributed by atoms with E-state index in [9.17, 15) is 14.4 Å². The molecule has 3 rings (SSSR count). The van der Waals surface area contributed by atoms with E-state index in [0.717, 1.165) is 4.90 Å². The second kappa shape index (κ2) is 8.59. The van der Waals surface area contributed by atoms with Crippen molar-refractivity contribution in [1.29, 1.82) is 0 Å². The predicted molar refractivity (Wildman–Crippen MR) is 110 cm³/mol. The molecule has 28 heavy (non-hydrogen) atoms. The Balaban J connectivity index is 1.68. The van der Waals surface area contributed by atoms with Gasteiger partial charge in [-0.05, 0) is 38.1 Å². The third-order valence-electron chi connectivity index (χ3n) is 4.57. The van der Waals surface area contributed by atoms with E-state index in [1.54, 1.807) is 12.1 Å². The molecule has 2 fully saturated rings. The lowest BCUT2D eigenvalue weighted by atomic mass is 10.2. The third kappa shape index (κ3) is 4.37. The highest BCUT2D eigenvalue weighted by Crippen LogP contribution is 2.32. The molecule has 9 heteroatoms. The Bertz CT molecular complexity index is 788. The number of anilines is 1. The van der Waals surface area contributed by atoms with Crippen molar-refractivity contribution in [3.05, 3.63) is 29.8 Å². The molecule has 0 bridgehead atoms. The molecule has 2 aliphatic heterocycles. The predicted octanol–water partition coefficient (Wildman–Crippen LogP) is 2.23. The van der Waals surface area contributed by atoms with Gasteiger partial charge in [0.1, 0.15) is 9.57 Å². The highest BCUT2D eigenvalue weighted by Gasteiger charge is 2.41. The van der Waals surface area contributed by atoms with Gasteiger partial charge in [-0.3, -0.25) is 9.59 Å². The van der Waals surface area contributed by atoms with Crippen molar-refractivity contribution >= 4 is 51.8 Å². The summed E-state index contributed by atoms with van der Waals surface area (Å²) < 4.78 is 11.0. The smallest absolute Gasteiger partial charge is 0.337 e. The molecule has 7 nitrogen and oxygen atoms in total. The molecule has 2 aliphatic rings. The van der Waals surface area contributed by atoms with Gasteiger partial charge >= 0.3 is 5.97 Å². The van der Waals surface area contributed by atoms with E-state index >= 15 is 0 Å². The fourth-order valence-electron chi connectivity index (χ4n) is 3.36. The first kappa shape index (κ1) is 20.8. The third-order valence-corrected chi connectivity index (χ3v) is 6.23. The van der Waals surface area contributed by atoms with Gasteiger partial charge in [-0.25, -0.2) is 9.69 Å². The van der Waals surface area contributed by atoms with Crippen LogP contribution in [0.1, 0.15) is 30.6 Å². The number of imide groups is 1. The van der Waals surface area contributed by atoms with E-state index < -0.39 is 11.2 Å². The molecule has 0 spiro atoms. The van der Waals surface area contributed by atoms with Crippen molar-refractivity contribution in [1.82, 2.24) is 4.90 Å². The van der Waals surface area contributed by atoms with E-state index in [-0.39, 0.29) is 30.4 Å².